The quantitative estimate of drug-likeness (QED) is 0.932. The SMILES string of the molecule is O=C(NCc1cccnc1)c1cncc(N2CCCC2)c1. The summed E-state index contributed by atoms with van der Waals surface area (Å²) >= 11 is 0. The summed E-state index contributed by atoms with van der Waals surface area (Å²) in [6.07, 6.45) is 9.31. The van der Waals surface area contributed by atoms with Gasteiger partial charge in [-0.3, -0.25) is 14.8 Å². The molecule has 0 saturated carbocycles. The average Bonchev–Trinajstić information content (AvgIpc) is 3.08. The first-order valence-corrected chi connectivity index (χ1v) is 7.20. The van der Waals surface area contributed by atoms with Crippen molar-refractivity contribution in [3.05, 3.63) is 54.1 Å². The Balaban J connectivity index is 1.65. The number of nitrogens with zero attached hydrogens (tertiary/aromatic N) is 3. The fourth-order valence-electron chi connectivity index (χ4n) is 2.49. The van der Waals surface area contributed by atoms with Crippen LogP contribution in [0, 0.1) is 0 Å². The third kappa shape index (κ3) is 3.37. The molecule has 0 spiro atoms. The highest BCUT2D eigenvalue weighted by Gasteiger charge is 2.14. The van der Waals surface area contributed by atoms with Gasteiger partial charge in [-0.25, -0.2) is 0 Å². The summed E-state index contributed by atoms with van der Waals surface area (Å²) in [6, 6.07) is 5.71. The van der Waals surface area contributed by atoms with Crippen molar-refractivity contribution >= 4 is 11.6 Å². The summed E-state index contributed by atoms with van der Waals surface area (Å²) in [6.45, 7) is 2.56. The molecule has 0 aromatic carbocycles. The Kier molecular flexibility index (Phi) is 4.09. The lowest BCUT2D eigenvalue weighted by atomic mass is 10.2. The maximum absolute atomic E-state index is 12.2. The van der Waals surface area contributed by atoms with Gasteiger partial charge in [-0.2, -0.15) is 0 Å². The summed E-state index contributed by atoms with van der Waals surface area (Å²) in [7, 11) is 0. The maximum Gasteiger partial charge on any atom is 0.253 e. The molecule has 1 fully saturated rings. The minimum Gasteiger partial charge on any atom is -0.370 e. The number of pyridine rings is 2. The molecule has 1 aliphatic heterocycles. The van der Waals surface area contributed by atoms with E-state index >= 15 is 0 Å². The highest BCUT2D eigenvalue weighted by molar-refractivity contribution is 5.94. The van der Waals surface area contributed by atoms with E-state index in [9.17, 15) is 4.79 Å². The van der Waals surface area contributed by atoms with Crippen molar-refractivity contribution < 1.29 is 4.79 Å². The van der Waals surface area contributed by atoms with Crippen LogP contribution in [0.4, 0.5) is 5.69 Å². The van der Waals surface area contributed by atoms with E-state index in [1.54, 1.807) is 18.6 Å². The topological polar surface area (TPSA) is 58.1 Å². The molecule has 2 aromatic heterocycles. The van der Waals surface area contributed by atoms with E-state index in [0.717, 1.165) is 24.3 Å². The molecule has 21 heavy (non-hydrogen) atoms. The molecule has 1 saturated heterocycles. The molecule has 3 rings (SSSR count). The number of hydrogen-bond donors (Lipinski definition) is 1. The second-order valence-corrected chi connectivity index (χ2v) is 5.17. The van der Waals surface area contributed by atoms with Gasteiger partial charge < -0.3 is 10.2 Å². The van der Waals surface area contributed by atoms with Gasteiger partial charge in [0.2, 0.25) is 0 Å². The number of hydrogen-bond acceptors (Lipinski definition) is 4. The minimum atomic E-state index is -0.104. The fraction of sp³-hybridized carbons (Fsp3) is 0.312. The van der Waals surface area contributed by atoms with Crippen LogP contribution in [0.2, 0.25) is 0 Å². The molecule has 1 N–H and O–H groups in total. The highest BCUT2D eigenvalue weighted by Crippen LogP contribution is 2.19. The van der Waals surface area contributed by atoms with Crippen molar-refractivity contribution in [2.75, 3.05) is 18.0 Å². The molecule has 5 heteroatoms. The Morgan fingerprint density at radius 3 is 2.81 bits per heavy atom. The van der Waals surface area contributed by atoms with Gasteiger partial charge in [0.05, 0.1) is 17.4 Å². The summed E-state index contributed by atoms with van der Waals surface area (Å²) in [5.41, 5.74) is 2.61. The van der Waals surface area contributed by atoms with Crippen molar-refractivity contribution in [3.8, 4) is 0 Å². The van der Waals surface area contributed by atoms with E-state index in [1.165, 1.54) is 12.8 Å². The van der Waals surface area contributed by atoms with Crippen LogP contribution in [0.5, 0.6) is 0 Å². The van der Waals surface area contributed by atoms with E-state index < -0.39 is 0 Å². The molecule has 0 bridgehead atoms. The molecule has 1 amide bonds. The lowest BCUT2D eigenvalue weighted by Crippen LogP contribution is -2.24. The number of carbonyl (C=O) groups is 1. The van der Waals surface area contributed by atoms with Crippen LogP contribution >= 0.6 is 0 Å². The van der Waals surface area contributed by atoms with Gasteiger partial charge in [0.15, 0.2) is 0 Å². The standard InChI is InChI=1S/C16H18N4O/c21-16(19-10-13-4-3-5-17-9-13)14-8-15(12-18-11-14)20-6-1-2-7-20/h3-5,8-9,11-12H,1-2,6-7,10H2,(H,19,21). The average molecular weight is 282 g/mol. The maximum atomic E-state index is 12.2. The Hall–Kier alpha value is -2.43. The number of rotatable bonds is 4. The van der Waals surface area contributed by atoms with E-state index in [-0.39, 0.29) is 5.91 Å². The van der Waals surface area contributed by atoms with Crippen LogP contribution in [0.1, 0.15) is 28.8 Å². The molecule has 0 aliphatic carbocycles. The van der Waals surface area contributed by atoms with E-state index in [1.807, 2.05) is 24.4 Å². The Bertz CT molecular complexity index is 609. The summed E-state index contributed by atoms with van der Waals surface area (Å²) in [4.78, 5) is 22.7. The highest BCUT2D eigenvalue weighted by atomic mass is 16.1. The van der Waals surface area contributed by atoms with Crippen molar-refractivity contribution in [2.45, 2.75) is 19.4 Å². The second-order valence-electron chi connectivity index (χ2n) is 5.17. The largest absolute Gasteiger partial charge is 0.370 e. The summed E-state index contributed by atoms with van der Waals surface area (Å²) < 4.78 is 0. The number of amides is 1. The first-order valence-electron chi connectivity index (χ1n) is 7.20. The van der Waals surface area contributed by atoms with E-state index in [4.69, 9.17) is 0 Å². The molecule has 108 valence electrons. The van der Waals surface area contributed by atoms with Gasteiger partial charge in [0.1, 0.15) is 0 Å². The van der Waals surface area contributed by atoms with Crippen LogP contribution in [0.3, 0.4) is 0 Å². The zero-order chi connectivity index (χ0) is 14.5. The van der Waals surface area contributed by atoms with Crippen LogP contribution in [0.15, 0.2) is 43.0 Å². The Labute approximate surface area is 124 Å². The van der Waals surface area contributed by atoms with Crippen molar-refractivity contribution in [3.63, 3.8) is 0 Å². The van der Waals surface area contributed by atoms with Crippen LogP contribution < -0.4 is 10.2 Å². The van der Waals surface area contributed by atoms with Crippen molar-refractivity contribution in [1.29, 1.82) is 0 Å². The predicted molar refractivity (Wildman–Crippen MR) is 81.1 cm³/mol. The lowest BCUT2D eigenvalue weighted by Gasteiger charge is -2.17. The van der Waals surface area contributed by atoms with Gasteiger partial charge in [-0.1, -0.05) is 6.07 Å². The van der Waals surface area contributed by atoms with Crippen LogP contribution in [0.25, 0.3) is 0 Å². The number of nitrogens with one attached hydrogen (secondary N) is 1. The number of carbonyl (C=O) groups excluding carboxylic acids is 1. The normalized spacial score (nSPS) is 14.2. The fourth-order valence-corrected chi connectivity index (χ4v) is 2.49. The first kappa shape index (κ1) is 13.5. The van der Waals surface area contributed by atoms with E-state index in [0.29, 0.717) is 12.1 Å². The molecular weight excluding hydrogens is 264 g/mol. The Morgan fingerprint density at radius 2 is 2.05 bits per heavy atom. The Morgan fingerprint density at radius 1 is 1.19 bits per heavy atom. The van der Waals surface area contributed by atoms with Crippen molar-refractivity contribution in [2.24, 2.45) is 0 Å². The summed E-state index contributed by atoms with van der Waals surface area (Å²) in [5, 5.41) is 2.90. The molecule has 0 atom stereocenters. The van der Waals surface area contributed by atoms with Crippen molar-refractivity contribution in [1.82, 2.24) is 15.3 Å². The molecule has 5 nitrogen and oxygen atoms in total. The zero-order valence-corrected chi connectivity index (χ0v) is 11.8. The number of aromatic nitrogens is 2. The monoisotopic (exact) mass is 282 g/mol. The molecule has 0 radical (unpaired) electrons. The van der Waals surface area contributed by atoms with Gasteiger partial charge in [-0.15, -0.1) is 0 Å². The smallest absolute Gasteiger partial charge is 0.253 e. The molecular formula is C16H18N4O. The van der Waals surface area contributed by atoms with Gasteiger partial charge in [-0.05, 0) is 30.5 Å². The number of anilines is 1. The predicted octanol–water partition coefficient (Wildman–Crippen LogP) is 2.01. The van der Waals surface area contributed by atoms with Gasteiger partial charge in [0.25, 0.3) is 5.91 Å². The van der Waals surface area contributed by atoms with E-state index in [2.05, 4.69) is 20.2 Å². The molecule has 0 unspecified atom stereocenters. The minimum absolute atomic E-state index is 0.104. The molecule has 1 aliphatic rings. The van der Waals surface area contributed by atoms with Crippen LogP contribution in [-0.4, -0.2) is 29.0 Å². The third-order valence-corrected chi connectivity index (χ3v) is 3.63. The first-order chi connectivity index (χ1) is 10.3. The second kappa shape index (κ2) is 6.35. The molecule has 2 aromatic rings. The lowest BCUT2D eigenvalue weighted by molar-refractivity contribution is 0.0950. The van der Waals surface area contributed by atoms with Crippen LogP contribution in [-0.2, 0) is 6.54 Å². The van der Waals surface area contributed by atoms with Gasteiger partial charge >= 0.3 is 0 Å². The summed E-state index contributed by atoms with van der Waals surface area (Å²) in [5.74, 6) is -0.104. The third-order valence-electron chi connectivity index (χ3n) is 3.63. The molecule has 3 heterocycles. The van der Waals surface area contributed by atoms with Gasteiger partial charge in [0, 0.05) is 38.2 Å². The zero-order valence-electron chi connectivity index (χ0n) is 11.8.